The fraction of sp³-hybridized carbons (Fsp3) is 0.818. The molecule has 0 unspecified atom stereocenters. The summed E-state index contributed by atoms with van der Waals surface area (Å²) in [6.07, 6.45) is -2.75. The van der Waals surface area contributed by atoms with Gasteiger partial charge in [0.05, 0.1) is 0 Å². The third kappa shape index (κ3) is 8.64. The highest BCUT2D eigenvalue weighted by Gasteiger charge is 2.40. The van der Waals surface area contributed by atoms with Gasteiger partial charge in [-0.15, -0.1) is 0 Å². The summed E-state index contributed by atoms with van der Waals surface area (Å²) in [5, 5.41) is 5.20. The van der Waals surface area contributed by atoms with Crippen LogP contribution in [0.5, 0.6) is 0 Å². The van der Waals surface area contributed by atoms with Crippen molar-refractivity contribution in [2.45, 2.75) is 95.5 Å². The molecule has 0 heterocycles. The van der Waals surface area contributed by atoms with Gasteiger partial charge in [-0.1, -0.05) is 83.1 Å². The van der Waals surface area contributed by atoms with Crippen LogP contribution < -0.4 is 10.6 Å². The lowest BCUT2D eigenvalue weighted by atomic mass is 9.87. The monoisotopic (exact) mass is 412 g/mol. The first-order valence-electron chi connectivity index (χ1n) is 9.94. The van der Waals surface area contributed by atoms with E-state index in [1.807, 2.05) is 0 Å². The van der Waals surface area contributed by atoms with Crippen molar-refractivity contribution in [3.63, 3.8) is 0 Å². The van der Waals surface area contributed by atoms with Gasteiger partial charge in [0.2, 0.25) is 11.8 Å². The molecule has 0 radical (unpaired) electrons. The normalized spacial score (nSPS) is 15.3. The lowest BCUT2D eigenvalue weighted by molar-refractivity contribution is -0.165. The van der Waals surface area contributed by atoms with Gasteiger partial charge in [-0.3, -0.25) is 19.2 Å². The first-order chi connectivity index (χ1) is 12.6. The minimum absolute atomic E-state index is 0.396. The maximum atomic E-state index is 13.0. The van der Waals surface area contributed by atoms with Gasteiger partial charge in [-0.25, -0.2) is 0 Å². The van der Waals surface area contributed by atoms with Gasteiger partial charge in [0.25, 0.3) is 0 Å². The summed E-state index contributed by atoms with van der Waals surface area (Å²) in [5.41, 5.74) is -3.20. The summed E-state index contributed by atoms with van der Waals surface area (Å²) in [6, 6.07) is 0. The Kier molecular flexibility index (Phi) is 8.40. The molecular formula is C22H40N2O5. The molecule has 168 valence electrons. The maximum absolute atomic E-state index is 13.0. The van der Waals surface area contributed by atoms with E-state index in [1.54, 1.807) is 83.1 Å². The highest BCUT2D eigenvalue weighted by molar-refractivity contribution is 5.95. The van der Waals surface area contributed by atoms with Crippen LogP contribution in [0.4, 0.5) is 0 Å². The third-order valence-corrected chi connectivity index (χ3v) is 4.11. The Hall–Kier alpha value is -1.76. The molecule has 29 heavy (non-hydrogen) atoms. The number of ketones is 2. The molecule has 0 aromatic rings. The van der Waals surface area contributed by atoms with E-state index in [0.717, 1.165) is 0 Å². The van der Waals surface area contributed by atoms with Crippen LogP contribution in [0, 0.1) is 21.7 Å². The van der Waals surface area contributed by atoms with Crippen molar-refractivity contribution in [2.24, 2.45) is 21.7 Å². The quantitative estimate of drug-likeness (QED) is 0.652. The third-order valence-electron chi connectivity index (χ3n) is 4.11. The number of amides is 2. The standard InChI is InChI=1S/C22H40N2O5/c1-19(2,3)13(25)15(23-17(27)21(7,8)9)29-16(14(26)20(4,5)6)24-18(28)22(10,11)12/h15-16H,1-12H3,(H,23,27)(H,24,28)/t15-,16-/m0/s1. The lowest BCUT2D eigenvalue weighted by Crippen LogP contribution is -2.57. The van der Waals surface area contributed by atoms with Gasteiger partial charge in [-0.2, -0.15) is 0 Å². The van der Waals surface area contributed by atoms with Gasteiger partial charge < -0.3 is 15.4 Å². The van der Waals surface area contributed by atoms with Crippen LogP contribution >= 0.6 is 0 Å². The van der Waals surface area contributed by atoms with E-state index in [9.17, 15) is 19.2 Å². The zero-order valence-electron chi connectivity index (χ0n) is 20.2. The number of hydrogen-bond acceptors (Lipinski definition) is 5. The first-order valence-corrected chi connectivity index (χ1v) is 9.94. The second-order valence-electron chi connectivity index (χ2n) is 11.6. The molecule has 0 bridgehead atoms. The Balaban J connectivity index is 6.01. The van der Waals surface area contributed by atoms with Crippen molar-refractivity contribution in [3.8, 4) is 0 Å². The first kappa shape index (κ1) is 27.2. The molecule has 0 saturated carbocycles. The fourth-order valence-corrected chi connectivity index (χ4v) is 1.92. The highest BCUT2D eigenvalue weighted by Crippen LogP contribution is 2.24. The molecule has 7 nitrogen and oxygen atoms in total. The minimum atomic E-state index is -1.38. The summed E-state index contributed by atoms with van der Waals surface area (Å²) in [7, 11) is 0. The van der Waals surface area contributed by atoms with E-state index >= 15 is 0 Å². The van der Waals surface area contributed by atoms with E-state index in [4.69, 9.17) is 4.74 Å². The summed E-state index contributed by atoms with van der Waals surface area (Å²) in [4.78, 5) is 50.9. The molecule has 0 saturated heterocycles. The molecule has 0 aliphatic heterocycles. The number of hydrogen-bond donors (Lipinski definition) is 2. The SMILES string of the molecule is CC(C)(C)C(=O)N[C@@H](O[C@H](NC(=O)C(C)(C)C)C(=O)C(C)(C)C)C(=O)C(C)(C)C. The Morgan fingerprint density at radius 1 is 0.517 bits per heavy atom. The molecule has 0 fully saturated rings. The molecule has 0 rings (SSSR count). The topological polar surface area (TPSA) is 102 Å². The van der Waals surface area contributed by atoms with Crippen LogP contribution in [-0.2, 0) is 23.9 Å². The Labute approximate surface area is 175 Å². The van der Waals surface area contributed by atoms with E-state index in [2.05, 4.69) is 10.6 Å². The predicted molar refractivity (Wildman–Crippen MR) is 113 cm³/mol. The zero-order valence-corrected chi connectivity index (χ0v) is 20.2. The zero-order chi connectivity index (χ0) is 23.6. The Morgan fingerprint density at radius 3 is 0.931 bits per heavy atom. The molecule has 0 spiro atoms. The van der Waals surface area contributed by atoms with Crippen LogP contribution in [0.3, 0.4) is 0 Å². The van der Waals surface area contributed by atoms with Crippen molar-refractivity contribution in [1.29, 1.82) is 0 Å². The van der Waals surface area contributed by atoms with Gasteiger partial charge >= 0.3 is 0 Å². The number of nitrogens with one attached hydrogen (secondary N) is 2. The summed E-state index contributed by atoms with van der Waals surface area (Å²) < 4.78 is 5.80. The van der Waals surface area contributed by atoms with Crippen molar-refractivity contribution >= 4 is 23.4 Å². The van der Waals surface area contributed by atoms with E-state index < -0.39 is 57.5 Å². The smallest absolute Gasteiger partial charge is 0.227 e. The van der Waals surface area contributed by atoms with E-state index in [0.29, 0.717) is 0 Å². The molecule has 2 atom stereocenters. The maximum Gasteiger partial charge on any atom is 0.227 e. The molecule has 0 aliphatic rings. The number of ether oxygens (including phenoxy) is 1. The summed E-state index contributed by atoms with van der Waals surface area (Å²) in [5.74, 6) is -1.59. The Morgan fingerprint density at radius 2 is 0.759 bits per heavy atom. The van der Waals surface area contributed by atoms with Gasteiger partial charge in [0.15, 0.2) is 24.0 Å². The molecule has 0 aliphatic carbocycles. The lowest BCUT2D eigenvalue weighted by Gasteiger charge is -2.33. The van der Waals surface area contributed by atoms with Crippen molar-refractivity contribution in [1.82, 2.24) is 10.6 Å². The average molecular weight is 413 g/mol. The van der Waals surface area contributed by atoms with Gasteiger partial charge in [-0.05, 0) is 0 Å². The van der Waals surface area contributed by atoms with E-state index in [1.165, 1.54) is 0 Å². The van der Waals surface area contributed by atoms with Crippen LogP contribution in [0.15, 0.2) is 0 Å². The highest BCUT2D eigenvalue weighted by atomic mass is 16.5. The molecule has 0 aromatic carbocycles. The van der Waals surface area contributed by atoms with Crippen molar-refractivity contribution in [3.05, 3.63) is 0 Å². The molecular weight excluding hydrogens is 372 g/mol. The van der Waals surface area contributed by atoms with Crippen molar-refractivity contribution < 1.29 is 23.9 Å². The van der Waals surface area contributed by atoms with Crippen LogP contribution in [-0.4, -0.2) is 35.8 Å². The minimum Gasteiger partial charge on any atom is -0.324 e. The molecule has 7 heteroatoms. The second kappa shape index (κ2) is 8.94. The largest absolute Gasteiger partial charge is 0.324 e. The Bertz CT molecular complexity index is 584. The molecule has 2 amide bonds. The van der Waals surface area contributed by atoms with Gasteiger partial charge in [0.1, 0.15) is 0 Å². The van der Waals surface area contributed by atoms with Crippen LogP contribution in [0.25, 0.3) is 0 Å². The predicted octanol–water partition coefficient (Wildman–Crippen LogP) is 3.21. The van der Waals surface area contributed by atoms with Crippen LogP contribution in [0.1, 0.15) is 83.1 Å². The second-order valence-corrected chi connectivity index (χ2v) is 11.6. The average Bonchev–Trinajstić information content (AvgIpc) is 2.47. The number of rotatable bonds is 6. The summed E-state index contributed by atoms with van der Waals surface area (Å²) in [6.45, 7) is 20.4. The number of carbonyl (C=O) groups excluding carboxylic acids is 4. The molecule has 0 aromatic heterocycles. The number of Topliss-reactive ketones (excluding diaryl/α,β-unsaturated/α-hetero) is 2. The number of carbonyl (C=O) groups is 4. The summed E-state index contributed by atoms with van der Waals surface area (Å²) >= 11 is 0. The van der Waals surface area contributed by atoms with Crippen LogP contribution in [0.2, 0.25) is 0 Å². The fourth-order valence-electron chi connectivity index (χ4n) is 1.92. The van der Waals surface area contributed by atoms with Gasteiger partial charge in [0, 0.05) is 21.7 Å². The molecule has 2 N–H and O–H groups in total. The van der Waals surface area contributed by atoms with Crippen molar-refractivity contribution in [2.75, 3.05) is 0 Å². The van der Waals surface area contributed by atoms with E-state index in [-0.39, 0.29) is 0 Å².